The fraction of sp³-hybridized carbons (Fsp3) is 0.455. The second-order valence-corrected chi connectivity index (χ2v) is 4.04. The molecule has 0 bridgehead atoms. The quantitative estimate of drug-likeness (QED) is 0.662. The van der Waals surface area contributed by atoms with E-state index in [1.54, 1.807) is 13.3 Å². The predicted molar refractivity (Wildman–Crippen MR) is 66.3 cm³/mol. The van der Waals surface area contributed by atoms with Crippen LogP contribution in [0.15, 0.2) is 6.33 Å². The number of aryl methyl sites for hydroxylation is 1. The lowest BCUT2D eigenvalue weighted by Crippen LogP contribution is -2.05. The summed E-state index contributed by atoms with van der Waals surface area (Å²) in [6.07, 6.45) is 3.17. The first kappa shape index (κ1) is 12.8. The molecule has 2 rings (SSSR count). The molecule has 0 radical (unpaired) electrons. The monoisotopic (exact) mass is 268 g/mol. The van der Waals surface area contributed by atoms with Gasteiger partial charge >= 0.3 is 5.97 Å². The number of carbonyl (C=O) groups excluding carboxylic acids is 1. The third kappa shape index (κ3) is 2.95. The second kappa shape index (κ2) is 5.77. The smallest absolute Gasteiger partial charge is 0.305 e. The maximum Gasteiger partial charge on any atom is 0.305 e. The number of hydrogen-bond donors (Lipinski definition) is 1. The van der Waals surface area contributed by atoms with E-state index < -0.39 is 0 Å². The van der Waals surface area contributed by atoms with Gasteiger partial charge in [-0.25, -0.2) is 9.97 Å². The van der Waals surface area contributed by atoms with Crippen molar-refractivity contribution in [3.05, 3.63) is 17.3 Å². The molecule has 2 aromatic heterocycles. The zero-order valence-corrected chi connectivity index (χ0v) is 10.7. The highest BCUT2D eigenvalue weighted by Crippen LogP contribution is 2.16. The van der Waals surface area contributed by atoms with Crippen LogP contribution in [0.2, 0.25) is 5.28 Å². The molecular weight excluding hydrogens is 256 g/mol. The van der Waals surface area contributed by atoms with Crippen LogP contribution in [0.4, 0.5) is 0 Å². The van der Waals surface area contributed by atoms with Gasteiger partial charge in [0.05, 0.1) is 18.6 Å². The van der Waals surface area contributed by atoms with E-state index in [4.69, 9.17) is 16.3 Å². The number of aromatic amines is 1. The molecule has 0 unspecified atom stereocenters. The number of fused-ring (bicyclic) bond motifs is 1. The molecule has 0 saturated heterocycles. The Morgan fingerprint density at radius 1 is 1.50 bits per heavy atom. The molecule has 1 N–H and O–H groups in total. The first-order chi connectivity index (χ1) is 8.70. The largest absolute Gasteiger partial charge is 0.466 e. The molecule has 7 heteroatoms. The van der Waals surface area contributed by atoms with E-state index in [2.05, 4.69) is 19.9 Å². The van der Waals surface area contributed by atoms with Crippen molar-refractivity contribution >= 4 is 28.7 Å². The van der Waals surface area contributed by atoms with Crippen LogP contribution in [0.1, 0.15) is 25.5 Å². The van der Waals surface area contributed by atoms with Crippen molar-refractivity contribution in [1.29, 1.82) is 0 Å². The van der Waals surface area contributed by atoms with Crippen molar-refractivity contribution in [3.63, 3.8) is 0 Å². The van der Waals surface area contributed by atoms with E-state index >= 15 is 0 Å². The van der Waals surface area contributed by atoms with E-state index in [0.29, 0.717) is 37.0 Å². The van der Waals surface area contributed by atoms with Crippen LogP contribution in [0.25, 0.3) is 11.2 Å². The predicted octanol–water partition coefficient (Wildman–Crippen LogP) is 1.89. The fourth-order valence-corrected chi connectivity index (χ4v) is 1.86. The van der Waals surface area contributed by atoms with Gasteiger partial charge in [0.1, 0.15) is 5.52 Å². The summed E-state index contributed by atoms with van der Waals surface area (Å²) in [5, 5.41) is 0.179. The molecule has 0 saturated carbocycles. The molecule has 18 heavy (non-hydrogen) atoms. The summed E-state index contributed by atoms with van der Waals surface area (Å²) in [5.74, 6) is -0.198. The first-order valence-electron chi connectivity index (χ1n) is 5.72. The molecule has 0 amide bonds. The summed E-state index contributed by atoms with van der Waals surface area (Å²) in [6.45, 7) is 2.19. The van der Waals surface area contributed by atoms with Crippen molar-refractivity contribution in [1.82, 2.24) is 19.9 Å². The van der Waals surface area contributed by atoms with Gasteiger partial charge in [0, 0.05) is 6.42 Å². The highest BCUT2D eigenvalue weighted by molar-refractivity contribution is 6.28. The molecule has 2 aromatic rings. The maximum atomic E-state index is 11.2. The Morgan fingerprint density at radius 3 is 3.11 bits per heavy atom. The van der Waals surface area contributed by atoms with Crippen LogP contribution in [-0.4, -0.2) is 32.5 Å². The van der Waals surface area contributed by atoms with Crippen LogP contribution in [0, 0.1) is 0 Å². The lowest BCUT2D eigenvalue weighted by atomic mass is 10.2. The van der Waals surface area contributed by atoms with Crippen LogP contribution >= 0.6 is 11.6 Å². The minimum atomic E-state index is -0.198. The molecule has 2 heterocycles. The molecule has 0 spiro atoms. The highest BCUT2D eigenvalue weighted by atomic mass is 35.5. The number of nitrogens with one attached hydrogen (secondary N) is 1. The SMILES string of the molecule is CCOC(=O)CCCc1nc(Cl)nc2[nH]cnc12. The maximum absolute atomic E-state index is 11.2. The van der Waals surface area contributed by atoms with Gasteiger partial charge in [-0.3, -0.25) is 4.79 Å². The Labute approximate surface area is 109 Å². The summed E-state index contributed by atoms with van der Waals surface area (Å²) in [5.41, 5.74) is 2.06. The third-order valence-electron chi connectivity index (χ3n) is 2.42. The summed E-state index contributed by atoms with van der Waals surface area (Å²) in [6, 6.07) is 0. The van der Waals surface area contributed by atoms with Gasteiger partial charge in [-0.05, 0) is 31.4 Å². The number of H-pyrrole nitrogens is 1. The van der Waals surface area contributed by atoms with Gasteiger partial charge in [-0.2, -0.15) is 4.98 Å². The zero-order chi connectivity index (χ0) is 13.0. The van der Waals surface area contributed by atoms with Crippen LogP contribution in [0.3, 0.4) is 0 Å². The van der Waals surface area contributed by atoms with Crippen molar-refractivity contribution in [2.45, 2.75) is 26.2 Å². The highest BCUT2D eigenvalue weighted by Gasteiger charge is 2.10. The topological polar surface area (TPSA) is 80.8 Å². The molecule has 0 aliphatic heterocycles. The Balaban J connectivity index is 2.03. The Kier molecular flexibility index (Phi) is 4.09. The van der Waals surface area contributed by atoms with Crippen LogP contribution in [0.5, 0.6) is 0 Å². The number of imidazole rings is 1. The standard InChI is InChI=1S/C11H13ClN4O2/c1-2-18-8(17)5-3-4-7-9-10(14-6-13-9)16-11(12)15-7/h6H,2-5H2,1H3,(H,13,14,15,16). The fourth-order valence-electron chi connectivity index (χ4n) is 1.67. The molecule has 0 aliphatic carbocycles. The number of esters is 1. The van der Waals surface area contributed by atoms with Crippen molar-refractivity contribution in [2.75, 3.05) is 6.61 Å². The Hall–Kier alpha value is -1.69. The molecule has 6 nitrogen and oxygen atoms in total. The lowest BCUT2D eigenvalue weighted by Gasteiger charge is -2.02. The van der Waals surface area contributed by atoms with Gasteiger partial charge < -0.3 is 9.72 Å². The number of aromatic nitrogens is 4. The minimum absolute atomic E-state index is 0.179. The average Bonchev–Trinajstić information content (AvgIpc) is 2.77. The summed E-state index contributed by atoms with van der Waals surface area (Å²) >= 11 is 5.81. The van der Waals surface area contributed by atoms with E-state index in [1.165, 1.54) is 0 Å². The number of halogens is 1. The van der Waals surface area contributed by atoms with Crippen LogP contribution < -0.4 is 0 Å². The molecule has 96 valence electrons. The number of carbonyl (C=O) groups is 1. The summed E-state index contributed by atoms with van der Waals surface area (Å²) < 4.78 is 4.86. The Morgan fingerprint density at radius 2 is 2.33 bits per heavy atom. The van der Waals surface area contributed by atoms with E-state index in [-0.39, 0.29) is 11.3 Å². The van der Waals surface area contributed by atoms with Crippen molar-refractivity contribution in [2.24, 2.45) is 0 Å². The van der Waals surface area contributed by atoms with Gasteiger partial charge in [-0.1, -0.05) is 0 Å². The van der Waals surface area contributed by atoms with E-state index in [9.17, 15) is 4.79 Å². The Bertz CT molecular complexity index is 555. The van der Waals surface area contributed by atoms with Gasteiger partial charge in [0.2, 0.25) is 5.28 Å². The molecule has 0 aliphatic rings. The van der Waals surface area contributed by atoms with Crippen molar-refractivity contribution < 1.29 is 9.53 Å². The van der Waals surface area contributed by atoms with Crippen molar-refractivity contribution in [3.8, 4) is 0 Å². The third-order valence-corrected chi connectivity index (χ3v) is 2.59. The molecular formula is C11H13ClN4O2. The number of rotatable bonds is 5. The second-order valence-electron chi connectivity index (χ2n) is 3.70. The zero-order valence-electron chi connectivity index (χ0n) is 9.94. The number of nitrogens with zero attached hydrogens (tertiary/aromatic N) is 3. The van der Waals surface area contributed by atoms with Gasteiger partial charge in [0.15, 0.2) is 5.65 Å². The van der Waals surface area contributed by atoms with Gasteiger partial charge in [0.25, 0.3) is 0 Å². The minimum Gasteiger partial charge on any atom is -0.466 e. The molecule has 0 aromatic carbocycles. The first-order valence-corrected chi connectivity index (χ1v) is 6.09. The lowest BCUT2D eigenvalue weighted by molar-refractivity contribution is -0.143. The van der Waals surface area contributed by atoms with E-state index in [0.717, 1.165) is 5.69 Å². The number of hydrogen-bond acceptors (Lipinski definition) is 5. The summed E-state index contributed by atoms with van der Waals surface area (Å²) in [4.78, 5) is 26.4. The molecule has 0 fully saturated rings. The molecule has 0 atom stereocenters. The average molecular weight is 269 g/mol. The van der Waals surface area contributed by atoms with Gasteiger partial charge in [-0.15, -0.1) is 0 Å². The number of ether oxygens (including phenoxy) is 1. The van der Waals surface area contributed by atoms with E-state index in [1.807, 2.05) is 0 Å². The van der Waals surface area contributed by atoms with Crippen LogP contribution in [-0.2, 0) is 16.0 Å². The normalized spacial score (nSPS) is 10.8. The summed E-state index contributed by atoms with van der Waals surface area (Å²) in [7, 11) is 0.